The molecule has 0 unspecified atom stereocenters. The molecule has 108 valence electrons. The Labute approximate surface area is 128 Å². The number of halogens is 1. The second-order valence-electron chi connectivity index (χ2n) is 6.05. The van der Waals surface area contributed by atoms with Crippen LogP contribution in [-0.2, 0) is 19.0 Å². The summed E-state index contributed by atoms with van der Waals surface area (Å²) in [6.07, 6.45) is 2.08. The third-order valence-electron chi connectivity index (χ3n) is 3.14. The second-order valence-corrected chi connectivity index (χ2v) is 6.86. The molecule has 0 aliphatic heterocycles. The summed E-state index contributed by atoms with van der Waals surface area (Å²) in [6, 6.07) is 3.99. The maximum atomic E-state index is 4.58. The van der Waals surface area contributed by atoms with Crippen molar-refractivity contribution in [1.82, 2.24) is 14.8 Å². The topological polar surface area (TPSA) is 42.7 Å². The van der Waals surface area contributed by atoms with Crippen molar-refractivity contribution in [2.45, 2.75) is 39.7 Å². The van der Waals surface area contributed by atoms with Gasteiger partial charge in [0, 0.05) is 30.8 Å². The number of hydrogen-bond donors (Lipinski definition) is 1. The molecule has 0 spiro atoms. The molecule has 0 atom stereocenters. The third kappa shape index (κ3) is 3.39. The van der Waals surface area contributed by atoms with E-state index in [1.54, 1.807) is 0 Å². The Morgan fingerprint density at radius 2 is 2.00 bits per heavy atom. The Hall–Kier alpha value is -1.36. The van der Waals surface area contributed by atoms with E-state index in [0.29, 0.717) is 0 Å². The molecule has 0 radical (unpaired) electrons. The van der Waals surface area contributed by atoms with E-state index in [-0.39, 0.29) is 5.41 Å². The zero-order valence-electron chi connectivity index (χ0n) is 12.7. The van der Waals surface area contributed by atoms with Crippen LogP contribution in [0.2, 0.25) is 0 Å². The van der Waals surface area contributed by atoms with Gasteiger partial charge in [0.25, 0.3) is 0 Å². The maximum Gasteiger partial charge on any atom is 0.106 e. The Morgan fingerprint density at radius 3 is 2.60 bits per heavy atom. The largest absolute Gasteiger partial charge is 0.379 e. The summed E-state index contributed by atoms with van der Waals surface area (Å²) in [4.78, 5) is 4.40. The number of anilines is 1. The van der Waals surface area contributed by atoms with E-state index in [9.17, 15) is 0 Å². The van der Waals surface area contributed by atoms with Crippen molar-refractivity contribution in [3.63, 3.8) is 0 Å². The summed E-state index contributed by atoms with van der Waals surface area (Å²) < 4.78 is 2.74. The van der Waals surface area contributed by atoms with Crippen molar-refractivity contribution >= 4 is 21.6 Å². The Morgan fingerprint density at radius 1 is 1.30 bits per heavy atom. The first-order chi connectivity index (χ1) is 9.27. The molecule has 0 aromatic carbocycles. The highest BCUT2D eigenvalue weighted by atomic mass is 79.9. The number of pyridine rings is 1. The lowest BCUT2D eigenvalue weighted by molar-refractivity contribution is 0.549. The van der Waals surface area contributed by atoms with Crippen molar-refractivity contribution in [2.24, 2.45) is 7.05 Å². The van der Waals surface area contributed by atoms with Gasteiger partial charge in [-0.25, -0.2) is 4.98 Å². The monoisotopic (exact) mass is 336 g/mol. The second kappa shape index (κ2) is 5.56. The van der Waals surface area contributed by atoms with Gasteiger partial charge >= 0.3 is 0 Å². The summed E-state index contributed by atoms with van der Waals surface area (Å²) in [7, 11) is 1.96. The van der Waals surface area contributed by atoms with Crippen molar-refractivity contribution in [3.05, 3.63) is 39.9 Å². The number of nitrogens with zero attached hydrogens (tertiary/aromatic N) is 3. The number of aromatic nitrogens is 3. The molecule has 0 aliphatic rings. The Bertz CT molecular complexity index is 611. The molecule has 0 saturated carbocycles. The van der Waals surface area contributed by atoms with E-state index in [1.807, 2.05) is 30.8 Å². The number of hydrogen-bond acceptors (Lipinski definition) is 3. The molecule has 0 aliphatic carbocycles. The van der Waals surface area contributed by atoms with Crippen LogP contribution in [0.5, 0.6) is 0 Å². The van der Waals surface area contributed by atoms with E-state index in [4.69, 9.17) is 0 Å². The van der Waals surface area contributed by atoms with E-state index < -0.39 is 0 Å². The van der Waals surface area contributed by atoms with Crippen LogP contribution in [0.15, 0.2) is 22.9 Å². The molecule has 2 aromatic heterocycles. The first-order valence-electron chi connectivity index (χ1n) is 6.67. The molecule has 0 saturated heterocycles. The molecule has 1 N–H and O–H groups in total. The minimum Gasteiger partial charge on any atom is -0.379 e. The molecule has 20 heavy (non-hydrogen) atoms. The summed E-state index contributed by atoms with van der Waals surface area (Å²) in [5, 5.41) is 8.03. The standard InChI is InChI=1S/C15H21BrN4/c1-10-12(6-7-13(16)18-10)17-8-11-9-20(5)19-14(11)15(2,3)4/h6-7,9,17H,8H2,1-5H3. The SMILES string of the molecule is Cc1nc(Br)ccc1NCc1cn(C)nc1C(C)(C)C. The lowest BCUT2D eigenvalue weighted by Gasteiger charge is -2.18. The van der Waals surface area contributed by atoms with Crippen LogP contribution < -0.4 is 5.32 Å². The molecule has 2 heterocycles. The van der Waals surface area contributed by atoms with Gasteiger partial charge in [-0.2, -0.15) is 5.10 Å². The predicted octanol–water partition coefficient (Wildman–Crippen LogP) is 3.80. The van der Waals surface area contributed by atoms with Gasteiger partial charge in [-0.3, -0.25) is 4.68 Å². The predicted molar refractivity (Wildman–Crippen MR) is 85.9 cm³/mol. The fraction of sp³-hybridized carbons (Fsp3) is 0.467. The minimum atomic E-state index is 0.0469. The molecule has 0 amide bonds. The lowest BCUT2D eigenvalue weighted by atomic mass is 9.89. The van der Waals surface area contributed by atoms with E-state index >= 15 is 0 Å². The van der Waals surface area contributed by atoms with Gasteiger partial charge in [0.05, 0.1) is 17.1 Å². The van der Waals surface area contributed by atoms with Crippen LogP contribution in [0.3, 0.4) is 0 Å². The van der Waals surface area contributed by atoms with Gasteiger partial charge in [0.1, 0.15) is 4.60 Å². The molecule has 0 fully saturated rings. The maximum absolute atomic E-state index is 4.58. The van der Waals surface area contributed by atoms with Crippen molar-refractivity contribution in [1.29, 1.82) is 0 Å². The van der Waals surface area contributed by atoms with Gasteiger partial charge in [-0.1, -0.05) is 20.8 Å². The lowest BCUT2D eigenvalue weighted by Crippen LogP contribution is -2.16. The van der Waals surface area contributed by atoms with E-state index in [0.717, 1.165) is 28.2 Å². The summed E-state index contributed by atoms with van der Waals surface area (Å²) in [5.41, 5.74) is 4.45. The van der Waals surface area contributed by atoms with Gasteiger partial charge in [0.15, 0.2) is 0 Å². The first-order valence-corrected chi connectivity index (χ1v) is 7.46. The van der Waals surface area contributed by atoms with Crippen LogP contribution in [0, 0.1) is 6.92 Å². The number of nitrogens with one attached hydrogen (secondary N) is 1. The van der Waals surface area contributed by atoms with Crippen molar-refractivity contribution in [2.75, 3.05) is 5.32 Å². The van der Waals surface area contributed by atoms with Crippen molar-refractivity contribution < 1.29 is 0 Å². The molecule has 5 heteroatoms. The quantitative estimate of drug-likeness (QED) is 0.867. The van der Waals surface area contributed by atoms with E-state index in [1.165, 1.54) is 5.56 Å². The molecule has 2 rings (SSSR count). The fourth-order valence-electron chi connectivity index (χ4n) is 2.21. The molecule has 4 nitrogen and oxygen atoms in total. The van der Waals surface area contributed by atoms with Crippen LogP contribution >= 0.6 is 15.9 Å². The normalized spacial score (nSPS) is 11.7. The highest BCUT2D eigenvalue weighted by Crippen LogP contribution is 2.25. The van der Waals surface area contributed by atoms with Crippen LogP contribution in [0.25, 0.3) is 0 Å². The molecular formula is C15H21BrN4. The average Bonchev–Trinajstić information content (AvgIpc) is 2.69. The average molecular weight is 337 g/mol. The number of rotatable bonds is 3. The van der Waals surface area contributed by atoms with Crippen molar-refractivity contribution in [3.8, 4) is 0 Å². The van der Waals surface area contributed by atoms with Gasteiger partial charge in [-0.05, 0) is 35.0 Å². The van der Waals surface area contributed by atoms with Gasteiger partial charge < -0.3 is 5.32 Å². The zero-order valence-corrected chi connectivity index (χ0v) is 14.2. The van der Waals surface area contributed by atoms with Crippen LogP contribution in [0.1, 0.15) is 37.7 Å². The summed E-state index contributed by atoms with van der Waals surface area (Å²) in [5.74, 6) is 0. The smallest absolute Gasteiger partial charge is 0.106 e. The third-order valence-corrected chi connectivity index (χ3v) is 3.58. The fourth-order valence-corrected chi connectivity index (χ4v) is 2.60. The molecule has 2 aromatic rings. The Kier molecular flexibility index (Phi) is 4.18. The summed E-state index contributed by atoms with van der Waals surface area (Å²) in [6.45, 7) is 9.31. The van der Waals surface area contributed by atoms with Crippen LogP contribution in [0.4, 0.5) is 5.69 Å². The zero-order chi connectivity index (χ0) is 14.9. The molecule has 0 bridgehead atoms. The highest BCUT2D eigenvalue weighted by molar-refractivity contribution is 9.10. The van der Waals surface area contributed by atoms with E-state index in [2.05, 4.69) is 58.3 Å². The number of aryl methyl sites for hydroxylation is 2. The van der Waals surface area contributed by atoms with Gasteiger partial charge in [0.2, 0.25) is 0 Å². The first kappa shape index (κ1) is 15.0. The summed E-state index contributed by atoms with van der Waals surface area (Å²) >= 11 is 3.38. The Balaban J connectivity index is 2.19. The van der Waals surface area contributed by atoms with Gasteiger partial charge in [-0.15, -0.1) is 0 Å². The highest BCUT2D eigenvalue weighted by Gasteiger charge is 2.21. The molecular weight excluding hydrogens is 316 g/mol. The van der Waals surface area contributed by atoms with Crippen LogP contribution in [-0.4, -0.2) is 14.8 Å². The minimum absolute atomic E-state index is 0.0469.